The fourth-order valence-corrected chi connectivity index (χ4v) is 4.54. The summed E-state index contributed by atoms with van der Waals surface area (Å²) in [4.78, 5) is 21.2. The molecule has 2 amide bonds. The minimum absolute atomic E-state index is 0.122. The summed E-state index contributed by atoms with van der Waals surface area (Å²) >= 11 is 0. The standard InChI is InChI=1S/C21H34N4O/c1-24(2)21(10-4-3-5-11-21)17-23-20(26)25-13-8-18(9-14-25)15-19-7-6-12-22-16-19/h6-7,12,16,18H,3-5,8-11,13-15,17H2,1-2H3,(H,23,26). The molecule has 1 aliphatic heterocycles. The lowest BCUT2D eigenvalue weighted by molar-refractivity contribution is 0.0961. The van der Waals surface area contributed by atoms with Gasteiger partial charge < -0.3 is 15.1 Å². The molecule has 1 aliphatic carbocycles. The highest BCUT2D eigenvalue weighted by Crippen LogP contribution is 2.31. The third-order valence-corrected chi connectivity index (χ3v) is 6.45. The Hall–Kier alpha value is -1.62. The van der Waals surface area contributed by atoms with Crippen molar-refractivity contribution in [3.63, 3.8) is 0 Å². The van der Waals surface area contributed by atoms with Crippen molar-refractivity contribution in [1.29, 1.82) is 0 Å². The molecule has 0 unspecified atom stereocenters. The number of nitrogens with zero attached hydrogens (tertiary/aromatic N) is 3. The van der Waals surface area contributed by atoms with E-state index >= 15 is 0 Å². The van der Waals surface area contributed by atoms with E-state index in [2.05, 4.69) is 35.4 Å². The Kier molecular flexibility index (Phi) is 6.52. The van der Waals surface area contributed by atoms with Gasteiger partial charge in [0.25, 0.3) is 0 Å². The number of pyridine rings is 1. The fourth-order valence-electron chi connectivity index (χ4n) is 4.54. The number of carbonyl (C=O) groups excluding carboxylic acids is 1. The van der Waals surface area contributed by atoms with Crippen LogP contribution in [0.1, 0.15) is 50.5 Å². The van der Waals surface area contributed by atoms with Gasteiger partial charge in [0, 0.05) is 37.6 Å². The Morgan fingerprint density at radius 2 is 2.00 bits per heavy atom. The lowest BCUT2D eigenvalue weighted by Crippen LogP contribution is -2.56. The summed E-state index contributed by atoms with van der Waals surface area (Å²) in [6.07, 6.45) is 13.3. The first-order valence-electron chi connectivity index (χ1n) is 10.2. The molecule has 0 radical (unpaired) electrons. The molecular formula is C21H34N4O. The number of aromatic nitrogens is 1. The van der Waals surface area contributed by atoms with Gasteiger partial charge in [-0.3, -0.25) is 4.98 Å². The highest BCUT2D eigenvalue weighted by molar-refractivity contribution is 5.74. The molecule has 1 saturated heterocycles. The summed E-state index contributed by atoms with van der Waals surface area (Å²) in [5, 5.41) is 3.24. The second-order valence-electron chi connectivity index (χ2n) is 8.33. The summed E-state index contributed by atoms with van der Waals surface area (Å²) < 4.78 is 0. The number of hydrogen-bond donors (Lipinski definition) is 1. The molecule has 1 N–H and O–H groups in total. The zero-order chi connectivity index (χ0) is 18.4. The van der Waals surface area contributed by atoms with Gasteiger partial charge in [0.2, 0.25) is 0 Å². The molecule has 1 aromatic heterocycles. The maximum atomic E-state index is 12.7. The van der Waals surface area contributed by atoms with Crippen LogP contribution in [0.5, 0.6) is 0 Å². The number of urea groups is 1. The van der Waals surface area contributed by atoms with E-state index in [1.165, 1.54) is 37.7 Å². The Bertz CT molecular complexity index is 561. The van der Waals surface area contributed by atoms with Crippen molar-refractivity contribution in [3.8, 4) is 0 Å². The van der Waals surface area contributed by atoms with Gasteiger partial charge in [-0.15, -0.1) is 0 Å². The van der Waals surface area contributed by atoms with Crippen molar-refractivity contribution >= 4 is 6.03 Å². The predicted octanol–water partition coefficient (Wildman–Crippen LogP) is 3.31. The highest BCUT2D eigenvalue weighted by Gasteiger charge is 2.35. The average molecular weight is 359 g/mol. The molecule has 2 fully saturated rings. The van der Waals surface area contributed by atoms with E-state index < -0.39 is 0 Å². The fraction of sp³-hybridized carbons (Fsp3) is 0.714. The first-order valence-corrected chi connectivity index (χ1v) is 10.2. The van der Waals surface area contributed by atoms with Crippen LogP contribution < -0.4 is 5.32 Å². The van der Waals surface area contributed by atoms with E-state index in [0.29, 0.717) is 5.92 Å². The van der Waals surface area contributed by atoms with Gasteiger partial charge in [-0.05, 0) is 63.7 Å². The van der Waals surface area contributed by atoms with Crippen LogP contribution in [0.4, 0.5) is 4.79 Å². The second kappa shape index (κ2) is 8.85. The summed E-state index contributed by atoms with van der Waals surface area (Å²) in [7, 11) is 4.31. The Balaban J connectivity index is 1.44. The molecule has 0 bridgehead atoms. The summed E-state index contributed by atoms with van der Waals surface area (Å²) in [6, 6.07) is 4.28. The van der Waals surface area contributed by atoms with Crippen LogP contribution in [0.25, 0.3) is 0 Å². The average Bonchev–Trinajstić information content (AvgIpc) is 2.68. The van der Waals surface area contributed by atoms with Gasteiger partial charge in [-0.1, -0.05) is 25.3 Å². The molecule has 2 heterocycles. The number of amides is 2. The zero-order valence-electron chi connectivity index (χ0n) is 16.4. The Morgan fingerprint density at radius 3 is 2.62 bits per heavy atom. The minimum atomic E-state index is 0.122. The minimum Gasteiger partial charge on any atom is -0.336 e. The molecule has 0 atom stereocenters. The van der Waals surface area contributed by atoms with Gasteiger partial charge in [0.15, 0.2) is 0 Å². The summed E-state index contributed by atoms with van der Waals surface area (Å²) in [6.45, 7) is 2.51. The van der Waals surface area contributed by atoms with E-state index in [1.54, 1.807) is 0 Å². The molecule has 0 spiro atoms. The molecule has 144 valence electrons. The van der Waals surface area contributed by atoms with Crippen LogP contribution in [0.2, 0.25) is 0 Å². The maximum Gasteiger partial charge on any atom is 0.317 e. The smallest absolute Gasteiger partial charge is 0.317 e. The van der Waals surface area contributed by atoms with Crippen molar-refractivity contribution in [2.45, 2.75) is 56.9 Å². The van der Waals surface area contributed by atoms with Gasteiger partial charge >= 0.3 is 6.03 Å². The van der Waals surface area contributed by atoms with Gasteiger partial charge in [0.1, 0.15) is 0 Å². The zero-order valence-corrected chi connectivity index (χ0v) is 16.4. The molecule has 5 nitrogen and oxygen atoms in total. The summed E-state index contributed by atoms with van der Waals surface area (Å²) in [5.41, 5.74) is 1.45. The maximum absolute atomic E-state index is 12.7. The monoisotopic (exact) mass is 358 g/mol. The van der Waals surface area contributed by atoms with E-state index in [0.717, 1.165) is 38.9 Å². The van der Waals surface area contributed by atoms with Crippen molar-refractivity contribution in [1.82, 2.24) is 20.1 Å². The topological polar surface area (TPSA) is 48.5 Å². The number of nitrogens with one attached hydrogen (secondary N) is 1. The Morgan fingerprint density at radius 1 is 1.27 bits per heavy atom. The van der Waals surface area contributed by atoms with Crippen molar-refractivity contribution in [3.05, 3.63) is 30.1 Å². The molecule has 3 rings (SSSR count). The second-order valence-corrected chi connectivity index (χ2v) is 8.33. The Labute approximate surface area is 158 Å². The number of likely N-dealkylation sites (tertiary alicyclic amines) is 1. The van der Waals surface area contributed by atoms with Gasteiger partial charge in [-0.25, -0.2) is 4.79 Å². The molecule has 0 aromatic carbocycles. The van der Waals surface area contributed by atoms with Crippen LogP contribution in [-0.2, 0) is 6.42 Å². The van der Waals surface area contributed by atoms with Crippen molar-refractivity contribution < 1.29 is 4.79 Å². The van der Waals surface area contributed by atoms with Gasteiger partial charge in [-0.2, -0.15) is 0 Å². The first kappa shape index (κ1) is 19.2. The van der Waals surface area contributed by atoms with E-state index in [-0.39, 0.29) is 11.6 Å². The number of likely N-dealkylation sites (N-methyl/N-ethyl adjacent to an activating group) is 1. The third kappa shape index (κ3) is 4.76. The largest absolute Gasteiger partial charge is 0.336 e. The van der Waals surface area contributed by atoms with Crippen molar-refractivity contribution in [2.75, 3.05) is 33.7 Å². The van der Waals surface area contributed by atoms with Crippen molar-refractivity contribution in [2.24, 2.45) is 5.92 Å². The van der Waals surface area contributed by atoms with Gasteiger partial charge in [0.05, 0.1) is 0 Å². The van der Waals surface area contributed by atoms with E-state index in [9.17, 15) is 4.79 Å². The molecule has 1 saturated carbocycles. The van der Waals surface area contributed by atoms with Crippen LogP contribution in [0.15, 0.2) is 24.5 Å². The summed E-state index contributed by atoms with van der Waals surface area (Å²) in [5.74, 6) is 0.662. The molecule has 5 heteroatoms. The van der Waals surface area contributed by atoms with E-state index in [1.807, 2.05) is 23.4 Å². The number of rotatable bonds is 5. The normalized spacial score (nSPS) is 21.0. The highest BCUT2D eigenvalue weighted by atomic mass is 16.2. The number of hydrogen-bond acceptors (Lipinski definition) is 3. The van der Waals surface area contributed by atoms with Crippen LogP contribution in [-0.4, -0.2) is 60.1 Å². The lowest BCUT2D eigenvalue weighted by Gasteiger charge is -2.43. The molecule has 2 aliphatic rings. The van der Waals surface area contributed by atoms with E-state index in [4.69, 9.17) is 0 Å². The SMILES string of the molecule is CN(C)C1(CNC(=O)N2CCC(Cc3cccnc3)CC2)CCCCC1. The molecule has 1 aromatic rings. The third-order valence-electron chi connectivity index (χ3n) is 6.45. The van der Waals surface area contributed by atoms with Crippen LogP contribution in [0, 0.1) is 5.92 Å². The molecular weight excluding hydrogens is 324 g/mol. The number of carbonyl (C=O) groups is 1. The molecule has 26 heavy (non-hydrogen) atoms. The quantitative estimate of drug-likeness (QED) is 0.878. The van der Waals surface area contributed by atoms with Crippen LogP contribution in [0.3, 0.4) is 0 Å². The first-order chi connectivity index (χ1) is 12.6. The lowest BCUT2D eigenvalue weighted by atomic mass is 9.80. The predicted molar refractivity (Wildman–Crippen MR) is 105 cm³/mol. The van der Waals surface area contributed by atoms with Crippen LogP contribution >= 0.6 is 0 Å². The number of piperidine rings is 1.